The molecule has 0 atom stereocenters. The van der Waals surface area contributed by atoms with E-state index in [2.05, 4.69) is 10.3 Å². The molecule has 1 N–H and O–H groups in total. The second-order valence-corrected chi connectivity index (χ2v) is 8.93. The van der Waals surface area contributed by atoms with Crippen molar-refractivity contribution in [2.45, 2.75) is 0 Å². The third-order valence-electron chi connectivity index (χ3n) is 6.16. The number of hydrogen-bond donors (Lipinski definition) is 1. The molecule has 0 aliphatic carbocycles. The van der Waals surface area contributed by atoms with Crippen molar-refractivity contribution in [1.82, 2.24) is 19.4 Å². The lowest BCUT2D eigenvalue weighted by Gasteiger charge is -2.22. The van der Waals surface area contributed by atoms with Crippen LogP contribution in [0.4, 0.5) is 23.0 Å². The van der Waals surface area contributed by atoms with E-state index in [1.54, 1.807) is 19.4 Å². The third kappa shape index (κ3) is 5.26. The average molecular weight is 506 g/mol. The zero-order valence-electron chi connectivity index (χ0n) is 21.8. The Morgan fingerprint density at radius 3 is 2.49 bits per heavy atom. The number of likely N-dealkylation sites (N-methyl/N-ethyl adjacent to an activating group) is 2. The van der Waals surface area contributed by atoms with Crippen molar-refractivity contribution in [3.05, 3.63) is 58.9 Å². The number of hydrogen-bond acceptors (Lipinski definition) is 9. The van der Waals surface area contributed by atoms with Gasteiger partial charge in [0, 0.05) is 62.0 Å². The van der Waals surface area contributed by atoms with Gasteiger partial charge >= 0.3 is 0 Å². The number of rotatable bonds is 10. The van der Waals surface area contributed by atoms with Gasteiger partial charge in [-0.1, -0.05) is 18.2 Å². The fourth-order valence-electron chi connectivity index (χ4n) is 4.17. The van der Waals surface area contributed by atoms with E-state index in [4.69, 9.17) is 14.5 Å². The van der Waals surface area contributed by atoms with Crippen molar-refractivity contribution in [3.8, 4) is 22.8 Å². The van der Waals surface area contributed by atoms with Gasteiger partial charge in [-0.3, -0.25) is 10.1 Å². The SMILES string of the molecule is COc1cc(N(C)CCN(C)C)c([N+](=O)[O-])cc1Nc1ncc(OC)c(-c2cn(C)c3ccccc23)n1. The molecular weight excluding hydrogens is 474 g/mol. The Morgan fingerprint density at radius 2 is 1.81 bits per heavy atom. The molecule has 0 saturated carbocycles. The second-order valence-electron chi connectivity index (χ2n) is 8.93. The standard InChI is InChI=1S/C26H31N7O4/c1-30(2)11-12-31(3)21-14-23(36-5)19(13-22(21)33(34)35)28-26-27-15-24(37-6)25(29-26)18-16-32(4)20-10-8-7-9-17(18)20/h7-10,13-16H,11-12H2,1-6H3,(H,27,28,29). The van der Waals surface area contributed by atoms with Crippen molar-refractivity contribution < 1.29 is 14.4 Å². The molecule has 4 aromatic rings. The zero-order valence-corrected chi connectivity index (χ0v) is 21.8. The number of para-hydroxylation sites is 1. The van der Waals surface area contributed by atoms with Crippen LogP contribution in [-0.4, -0.2) is 72.8 Å². The molecule has 0 radical (unpaired) electrons. The molecule has 0 aliphatic rings. The van der Waals surface area contributed by atoms with Crippen LogP contribution in [0.3, 0.4) is 0 Å². The molecule has 0 unspecified atom stereocenters. The number of anilines is 3. The van der Waals surface area contributed by atoms with Gasteiger partial charge in [-0.15, -0.1) is 0 Å². The Balaban J connectivity index is 1.75. The van der Waals surface area contributed by atoms with Crippen molar-refractivity contribution >= 4 is 33.9 Å². The van der Waals surface area contributed by atoms with Gasteiger partial charge in [-0.2, -0.15) is 0 Å². The second kappa shape index (κ2) is 10.7. The summed E-state index contributed by atoms with van der Waals surface area (Å²) in [6, 6.07) is 11.1. The first-order valence-corrected chi connectivity index (χ1v) is 11.7. The topological polar surface area (TPSA) is 111 Å². The Kier molecular flexibility index (Phi) is 7.44. The number of aryl methyl sites for hydroxylation is 1. The minimum atomic E-state index is -0.400. The van der Waals surface area contributed by atoms with Crippen molar-refractivity contribution in [1.29, 1.82) is 0 Å². The highest BCUT2D eigenvalue weighted by atomic mass is 16.6. The fraction of sp³-hybridized carbons (Fsp3) is 0.308. The van der Waals surface area contributed by atoms with E-state index in [0.717, 1.165) is 23.0 Å². The summed E-state index contributed by atoms with van der Waals surface area (Å²) in [5.74, 6) is 1.20. The lowest BCUT2D eigenvalue weighted by Crippen LogP contribution is -2.28. The lowest BCUT2D eigenvalue weighted by atomic mass is 10.1. The number of ether oxygens (including phenoxy) is 2. The van der Waals surface area contributed by atoms with E-state index in [9.17, 15) is 10.1 Å². The van der Waals surface area contributed by atoms with Crippen molar-refractivity contribution in [3.63, 3.8) is 0 Å². The lowest BCUT2D eigenvalue weighted by molar-refractivity contribution is -0.384. The molecular formula is C26H31N7O4. The highest BCUT2D eigenvalue weighted by Gasteiger charge is 2.23. The number of aromatic nitrogens is 3. The van der Waals surface area contributed by atoms with Crippen LogP contribution < -0.4 is 19.7 Å². The number of nitro benzene ring substituents is 1. The van der Waals surface area contributed by atoms with E-state index in [1.165, 1.54) is 13.2 Å². The zero-order chi connectivity index (χ0) is 26.7. The Bertz CT molecular complexity index is 1430. The number of nitro groups is 1. The third-order valence-corrected chi connectivity index (χ3v) is 6.16. The van der Waals surface area contributed by atoms with Crippen LogP contribution in [0.1, 0.15) is 0 Å². The van der Waals surface area contributed by atoms with E-state index in [-0.39, 0.29) is 11.6 Å². The van der Waals surface area contributed by atoms with Crippen LogP contribution >= 0.6 is 0 Å². The first kappa shape index (κ1) is 25.7. The first-order chi connectivity index (χ1) is 17.7. The molecule has 2 aromatic carbocycles. The van der Waals surface area contributed by atoms with E-state index >= 15 is 0 Å². The van der Waals surface area contributed by atoms with Crippen LogP contribution in [-0.2, 0) is 7.05 Å². The summed E-state index contributed by atoms with van der Waals surface area (Å²) in [6.45, 7) is 1.35. The maximum Gasteiger partial charge on any atom is 0.294 e. The van der Waals surface area contributed by atoms with Crippen LogP contribution in [0.25, 0.3) is 22.2 Å². The molecule has 0 amide bonds. The van der Waals surface area contributed by atoms with Gasteiger partial charge in [0.05, 0.1) is 31.0 Å². The number of methoxy groups -OCH3 is 2. The smallest absolute Gasteiger partial charge is 0.294 e. The molecule has 11 heteroatoms. The maximum atomic E-state index is 12.0. The van der Waals surface area contributed by atoms with Crippen molar-refractivity contribution in [2.24, 2.45) is 7.05 Å². The predicted octanol–water partition coefficient (Wildman–Crippen LogP) is 4.30. The van der Waals surface area contributed by atoms with Gasteiger partial charge in [0.1, 0.15) is 17.1 Å². The first-order valence-electron chi connectivity index (χ1n) is 11.7. The van der Waals surface area contributed by atoms with Gasteiger partial charge in [0.15, 0.2) is 5.75 Å². The van der Waals surface area contributed by atoms with Gasteiger partial charge in [-0.05, 0) is 20.2 Å². The molecule has 0 fully saturated rings. The molecule has 0 saturated heterocycles. The maximum absolute atomic E-state index is 12.0. The Hall–Kier alpha value is -4.38. The summed E-state index contributed by atoms with van der Waals surface area (Å²) in [5, 5.41) is 16.1. The molecule has 2 heterocycles. The molecule has 0 spiro atoms. The van der Waals surface area contributed by atoms with Crippen LogP contribution in [0.2, 0.25) is 0 Å². The molecule has 0 aliphatic heterocycles. The number of nitrogens with zero attached hydrogens (tertiary/aromatic N) is 6. The van der Waals surface area contributed by atoms with Gasteiger partial charge < -0.3 is 29.2 Å². The molecule has 2 aromatic heterocycles. The summed E-state index contributed by atoms with van der Waals surface area (Å²) in [5.41, 5.74) is 3.34. The Labute approximate surface area is 215 Å². The van der Waals surface area contributed by atoms with Gasteiger partial charge in [0.2, 0.25) is 5.95 Å². The molecule has 194 valence electrons. The summed E-state index contributed by atoms with van der Waals surface area (Å²) in [6.07, 6.45) is 3.57. The summed E-state index contributed by atoms with van der Waals surface area (Å²) in [7, 11) is 10.8. The average Bonchev–Trinajstić information content (AvgIpc) is 3.23. The highest BCUT2D eigenvalue weighted by Crippen LogP contribution is 2.40. The molecule has 11 nitrogen and oxygen atoms in total. The number of fused-ring (bicyclic) bond motifs is 1. The van der Waals surface area contributed by atoms with E-state index in [0.29, 0.717) is 35.1 Å². The quantitative estimate of drug-likeness (QED) is 0.249. The summed E-state index contributed by atoms with van der Waals surface area (Å²) in [4.78, 5) is 24.5. The normalized spacial score (nSPS) is 11.1. The monoisotopic (exact) mass is 505 g/mol. The largest absolute Gasteiger partial charge is 0.494 e. The molecule has 4 rings (SSSR count). The van der Waals surface area contributed by atoms with Gasteiger partial charge in [-0.25, -0.2) is 9.97 Å². The molecule has 0 bridgehead atoms. The molecule has 37 heavy (non-hydrogen) atoms. The van der Waals surface area contributed by atoms with E-state index in [1.807, 2.05) is 73.0 Å². The Morgan fingerprint density at radius 1 is 1.08 bits per heavy atom. The van der Waals surface area contributed by atoms with Gasteiger partial charge in [0.25, 0.3) is 5.69 Å². The van der Waals surface area contributed by atoms with Crippen LogP contribution in [0.15, 0.2) is 48.8 Å². The van der Waals surface area contributed by atoms with Crippen LogP contribution in [0, 0.1) is 10.1 Å². The summed E-state index contributed by atoms with van der Waals surface area (Å²) < 4.78 is 13.2. The minimum absolute atomic E-state index is 0.0488. The number of benzene rings is 2. The van der Waals surface area contributed by atoms with E-state index < -0.39 is 4.92 Å². The van der Waals surface area contributed by atoms with Crippen molar-refractivity contribution in [2.75, 3.05) is 58.7 Å². The minimum Gasteiger partial charge on any atom is -0.494 e. The summed E-state index contributed by atoms with van der Waals surface area (Å²) >= 11 is 0. The van der Waals surface area contributed by atoms with Crippen LogP contribution in [0.5, 0.6) is 11.5 Å². The predicted molar refractivity (Wildman–Crippen MR) is 145 cm³/mol. The fourth-order valence-corrected chi connectivity index (χ4v) is 4.17. The highest BCUT2D eigenvalue weighted by molar-refractivity contribution is 5.96. The number of nitrogens with one attached hydrogen (secondary N) is 1.